The van der Waals surface area contributed by atoms with Gasteiger partial charge in [0.1, 0.15) is 0 Å². The van der Waals surface area contributed by atoms with E-state index in [9.17, 15) is 4.79 Å². The number of benzene rings is 1. The molecule has 0 saturated heterocycles. The first-order chi connectivity index (χ1) is 9.79. The number of carbonyl (C=O) groups excluding carboxylic acids is 1. The summed E-state index contributed by atoms with van der Waals surface area (Å²) in [5.41, 5.74) is 9.22. The van der Waals surface area contributed by atoms with E-state index in [1.165, 1.54) is 0 Å². The number of para-hydroxylation sites is 1. The first kappa shape index (κ1) is 18.3. The molecule has 0 saturated carbocycles. The average Bonchev–Trinajstić information content (AvgIpc) is 2.71. The summed E-state index contributed by atoms with van der Waals surface area (Å²) in [4.78, 5) is 12.3. The van der Waals surface area contributed by atoms with Crippen LogP contribution in [0, 0.1) is 13.8 Å². The molecule has 0 aliphatic heterocycles. The maximum atomic E-state index is 12.3. The molecule has 0 fully saturated rings. The van der Waals surface area contributed by atoms with Gasteiger partial charge in [-0.05, 0) is 45.9 Å². The maximum absolute atomic E-state index is 12.3. The summed E-state index contributed by atoms with van der Waals surface area (Å²) in [5.74, 6) is -0.0798. The zero-order chi connectivity index (χ0) is 15.6. The number of hydrogen-bond acceptors (Lipinski definition) is 2. The highest BCUT2D eigenvalue weighted by Gasteiger charge is 2.18. The summed E-state index contributed by atoms with van der Waals surface area (Å²) in [5, 5.41) is 2.89. The van der Waals surface area contributed by atoms with Crippen LogP contribution in [0.4, 0.5) is 0 Å². The van der Waals surface area contributed by atoms with Crippen molar-refractivity contribution in [2.45, 2.75) is 33.2 Å². The number of aromatic nitrogens is 1. The number of rotatable bonds is 4. The van der Waals surface area contributed by atoms with Gasteiger partial charge in [-0.1, -0.05) is 18.2 Å². The van der Waals surface area contributed by atoms with Crippen molar-refractivity contribution in [2.24, 2.45) is 5.73 Å². The van der Waals surface area contributed by atoms with Crippen LogP contribution in [-0.2, 0) is 0 Å². The van der Waals surface area contributed by atoms with E-state index in [2.05, 4.69) is 9.88 Å². The molecule has 2 aromatic rings. The molecule has 0 aliphatic rings. The molecule has 0 radical (unpaired) electrons. The van der Waals surface area contributed by atoms with E-state index in [1.54, 1.807) is 0 Å². The van der Waals surface area contributed by atoms with Crippen molar-refractivity contribution in [3.05, 3.63) is 53.3 Å². The summed E-state index contributed by atoms with van der Waals surface area (Å²) in [6, 6.07) is 11.9. The van der Waals surface area contributed by atoms with E-state index >= 15 is 0 Å². The van der Waals surface area contributed by atoms with Crippen LogP contribution in [0.25, 0.3) is 5.69 Å². The Balaban J connectivity index is 0.00000242. The zero-order valence-corrected chi connectivity index (χ0v) is 14.3. The Morgan fingerprint density at radius 2 is 1.82 bits per heavy atom. The van der Waals surface area contributed by atoms with Gasteiger partial charge in [-0.3, -0.25) is 4.79 Å². The number of hydrogen-bond donors (Lipinski definition) is 2. The number of aryl methyl sites for hydroxylation is 1. The van der Waals surface area contributed by atoms with E-state index in [-0.39, 0.29) is 18.3 Å². The highest BCUT2D eigenvalue weighted by atomic mass is 35.5. The van der Waals surface area contributed by atoms with Crippen LogP contribution >= 0.6 is 12.4 Å². The molecular weight excluding hydrogens is 298 g/mol. The molecular formula is C17H24ClN3O. The van der Waals surface area contributed by atoms with Gasteiger partial charge in [0.2, 0.25) is 0 Å². The van der Waals surface area contributed by atoms with Crippen molar-refractivity contribution < 1.29 is 4.79 Å². The van der Waals surface area contributed by atoms with Crippen molar-refractivity contribution in [3.8, 4) is 5.69 Å². The molecule has 120 valence electrons. The third-order valence-corrected chi connectivity index (χ3v) is 3.39. The van der Waals surface area contributed by atoms with Crippen LogP contribution < -0.4 is 11.1 Å². The van der Waals surface area contributed by atoms with Gasteiger partial charge in [0.05, 0.1) is 5.56 Å². The van der Waals surface area contributed by atoms with Gasteiger partial charge in [0.25, 0.3) is 5.91 Å². The maximum Gasteiger partial charge on any atom is 0.253 e. The fourth-order valence-corrected chi connectivity index (χ4v) is 2.37. The molecule has 0 aliphatic carbocycles. The average molecular weight is 322 g/mol. The van der Waals surface area contributed by atoms with Crippen molar-refractivity contribution in [1.82, 2.24) is 9.88 Å². The Morgan fingerprint density at radius 3 is 2.36 bits per heavy atom. The number of nitrogens with one attached hydrogen (secondary N) is 1. The smallest absolute Gasteiger partial charge is 0.253 e. The summed E-state index contributed by atoms with van der Waals surface area (Å²) in [6.07, 6.45) is 0. The highest BCUT2D eigenvalue weighted by molar-refractivity contribution is 5.96. The molecule has 3 N–H and O–H groups in total. The first-order valence-electron chi connectivity index (χ1n) is 7.11. The summed E-state index contributed by atoms with van der Waals surface area (Å²) in [7, 11) is 0. The Labute approximate surface area is 138 Å². The second kappa shape index (κ2) is 6.99. The molecule has 0 spiro atoms. The first-order valence-corrected chi connectivity index (χ1v) is 7.11. The van der Waals surface area contributed by atoms with Crippen LogP contribution in [0.1, 0.15) is 35.6 Å². The molecule has 0 atom stereocenters. The van der Waals surface area contributed by atoms with Gasteiger partial charge in [-0.25, -0.2) is 0 Å². The molecule has 1 heterocycles. The zero-order valence-electron chi connectivity index (χ0n) is 13.5. The Hall–Kier alpha value is -1.78. The van der Waals surface area contributed by atoms with Gasteiger partial charge in [-0.15, -0.1) is 12.4 Å². The minimum absolute atomic E-state index is 0. The highest BCUT2D eigenvalue weighted by Crippen LogP contribution is 2.20. The normalized spacial score (nSPS) is 11.0. The Bertz CT molecular complexity index is 642. The monoisotopic (exact) mass is 321 g/mol. The second-order valence-electron chi connectivity index (χ2n) is 6.13. The summed E-state index contributed by atoms with van der Waals surface area (Å²) in [6.45, 7) is 8.19. The molecule has 0 unspecified atom stereocenters. The predicted octanol–water partition coefficient (Wildman–Crippen LogP) is 2.98. The molecule has 0 bridgehead atoms. The molecule has 1 aromatic carbocycles. The van der Waals surface area contributed by atoms with Gasteiger partial charge < -0.3 is 15.6 Å². The van der Waals surface area contributed by atoms with Gasteiger partial charge in [0.15, 0.2) is 0 Å². The minimum atomic E-state index is -0.416. The minimum Gasteiger partial charge on any atom is -0.350 e. The van der Waals surface area contributed by atoms with Crippen LogP contribution in [0.3, 0.4) is 0 Å². The van der Waals surface area contributed by atoms with E-state index in [1.807, 2.05) is 64.1 Å². The van der Waals surface area contributed by atoms with Crippen LogP contribution in [0.5, 0.6) is 0 Å². The topological polar surface area (TPSA) is 60.1 Å². The summed E-state index contributed by atoms with van der Waals surface area (Å²) < 4.78 is 2.09. The number of nitrogens with zero attached hydrogens (tertiary/aromatic N) is 1. The fourth-order valence-electron chi connectivity index (χ4n) is 2.37. The van der Waals surface area contributed by atoms with Crippen molar-refractivity contribution >= 4 is 18.3 Å². The van der Waals surface area contributed by atoms with E-state index in [0.717, 1.165) is 17.1 Å². The van der Waals surface area contributed by atoms with Gasteiger partial charge >= 0.3 is 0 Å². The Morgan fingerprint density at radius 1 is 1.23 bits per heavy atom. The van der Waals surface area contributed by atoms with Crippen LogP contribution in [-0.4, -0.2) is 22.6 Å². The lowest BCUT2D eigenvalue weighted by Crippen LogP contribution is -2.45. The van der Waals surface area contributed by atoms with Crippen LogP contribution in [0.15, 0.2) is 36.4 Å². The standard InChI is InChI=1S/C17H23N3O.ClH/c1-12-10-15(16(21)19-11-17(3,4)18)13(2)20(12)14-8-6-5-7-9-14;/h5-10H,11,18H2,1-4H3,(H,19,21);1H. The predicted molar refractivity (Wildman–Crippen MR) is 93.1 cm³/mol. The SMILES string of the molecule is Cc1cc(C(=O)NCC(C)(C)N)c(C)n1-c1ccccc1.Cl. The largest absolute Gasteiger partial charge is 0.350 e. The molecule has 22 heavy (non-hydrogen) atoms. The number of halogens is 1. The third-order valence-electron chi connectivity index (χ3n) is 3.39. The molecule has 1 amide bonds. The molecule has 2 rings (SSSR count). The fraction of sp³-hybridized carbons (Fsp3) is 0.353. The molecule has 4 nitrogen and oxygen atoms in total. The number of amides is 1. The van der Waals surface area contributed by atoms with Gasteiger partial charge in [-0.2, -0.15) is 0 Å². The lowest BCUT2D eigenvalue weighted by atomic mass is 10.1. The van der Waals surface area contributed by atoms with Crippen molar-refractivity contribution in [2.75, 3.05) is 6.54 Å². The van der Waals surface area contributed by atoms with E-state index in [4.69, 9.17) is 5.73 Å². The lowest BCUT2D eigenvalue weighted by Gasteiger charge is -2.18. The van der Waals surface area contributed by atoms with Gasteiger partial charge in [0, 0.05) is 29.2 Å². The van der Waals surface area contributed by atoms with Crippen LogP contribution in [0.2, 0.25) is 0 Å². The Kier molecular flexibility index (Phi) is 5.80. The van der Waals surface area contributed by atoms with E-state index in [0.29, 0.717) is 12.1 Å². The molecule has 5 heteroatoms. The van der Waals surface area contributed by atoms with Crippen molar-refractivity contribution in [3.63, 3.8) is 0 Å². The van der Waals surface area contributed by atoms with E-state index < -0.39 is 5.54 Å². The third kappa shape index (κ3) is 4.12. The van der Waals surface area contributed by atoms with Crippen molar-refractivity contribution in [1.29, 1.82) is 0 Å². The lowest BCUT2D eigenvalue weighted by molar-refractivity contribution is 0.0945. The number of carbonyl (C=O) groups is 1. The molecule has 1 aromatic heterocycles. The second-order valence-corrected chi connectivity index (χ2v) is 6.13. The quantitative estimate of drug-likeness (QED) is 0.909. The number of nitrogens with two attached hydrogens (primary N) is 1. The summed E-state index contributed by atoms with van der Waals surface area (Å²) >= 11 is 0.